The van der Waals surface area contributed by atoms with E-state index in [2.05, 4.69) is 120 Å². The largest absolute Gasteiger partial charge is 0.494 e. The Balaban J connectivity index is 1.44. The normalized spacial score (nSPS) is 18.9. The van der Waals surface area contributed by atoms with E-state index in [1.165, 1.54) is 53.6 Å². The predicted octanol–water partition coefficient (Wildman–Crippen LogP) is 8.33. The first kappa shape index (κ1) is 23.2. The SMILES string of the molecule is CC1(C)c2ccccc2-c2c1cc(-c1ccc(B3OC(C)(C)C(C)(C)O3)cc1)c1c2sc2ccccc21. The van der Waals surface area contributed by atoms with Crippen LogP contribution in [-0.4, -0.2) is 18.3 Å². The Morgan fingerprint density at radius 3 is 2.05 bits per heavy atom. The van der Waals surface area contributed by atoms with Gasteiger partial charge in [-0.05, 0) is 73.1 Å². The minimum Gasteiger partial charge on any atom is -0.399 e. The maximum absolute atomic E-state index is 6.31. The predicted molar refractivity (Wildman–Crippen MR) is 158 cm³/mol. The number of hydrogen-bond donors (Lipinski definition) is 0. The summed E-state index contributed by atoms with van der Waals surface area (Å²) >= 11 is 1.92. The summed E-state index contributed by atoms with van der Waals surface area (Å²) in [5, 5.41) is 2.69. The molecule has 1 aliphatic carbocycles. The summed E-state index contributed by atoms with van der Waals surface area (Å²) in [6.07, 6.45) is 0. The van der Waals surface area contributed by atoms with Crippen LogP contribution in [0.2, 0.25) is 0 Å². The van der Waals surface area contributed by atoms with Crippen LogP contribution in [0.5, 0.6) is 0 Å². The highest BCUT2D eigenvalue weighted by atomic mass is 32.1. The molecule has 2 nitrogen and oxygen atoms in total. The van der Waals surface area contributed by atoms with Gasteiger partial charge in [0.25, 0.3) is 0 Å². The fraction of sp³-hybridized carbons (Fsp3) is 0.273. The molecule has 4 aromatic carbocycles. The highest BCUT2D eigenvalue weighted by Crippen LogP contribution is 2.55. The maximum Gasteiger partial charge on any atom is 0.494 e. The molecule has 0 radical (unpaired) electrons. The molecule has 37 heavy (non-hydrogen) atoms. The average Bonchev–Trinajstić information content (AvgIpc) is 3.44. The zero-order chi connectivity index (χ0) is 25.7. The van der Waals surface area contributed by atoms with E-state index in [0.717, 1.165) is 5.46 Å². The number of hydrogen-bond acceptors (Lipinski definition) is 3. The summed E-state index contributed by atoms with van der Waals surface area (Å²) in [5.74, 6) is 0. The van der Waals surface area contributed by atoms with Crippen LogP contribution in [0, 0.1) is 0 Å². The van der Waals surface area contributed by atoms with Crippen LogP contribution in [-0.2, 0) is 14.7 Å². The van der Waals surface area contributed by atoms with Crippen molar-refractivity contribution in [2.24, 2.45) is 0 Å². The molecule has 0 bridgehead atoms. The molecule has 7 rings (SSSR count). The Morgan fingerprint density at radius 2 is 1.32 bits per heavy atom. The lowest BCUT2D eigenvalue weighted by Gasteiger charge is -2.32. The van der Waals surface area contributed by atoms with E-state index < -0.39 is 0 Å². The van der Waals surface area contributed by atoms with E-state index in [0.29, 0.717) is 0 Å². The molecule has 1 aromatic heterocycles. The first-order valence-corrected chi connectivity index (χ1v) is 13.9. The van der Waals surface area contributed by atoms with Gasteiger partial charge in [0.15, 0.2) is 0 Å². The second-order valence-electron chi connectivity index (χ2n) is 12.0. The first-order valence-electron chi connectivity index (χ1n) is 13.1. The standard InChI is InChI=1S/C33H31BO2S/c1-31(2)25-13-9-7-11-22(25)29-26(31)19-24(28-23-12-8-10-14-27(23)37-30(28)29)20-15-17-21(18-16-20)34-35-32(3,4)33(5,6)36-34/h7-19H,1-6H3. The highest BCUT2D eigenvalue weighted by molar-refractivity contribution is 7.26. The van der Waals surface area contributed by atoms with Crippen molar-refractivity contribution in [3.8, 4) is 22.3 Å². The van der Waals surface area contributed by atoms with Crippen molar-refractivity contribution in [2.75, 3.05) is 0 Å². The summed E-state index contributed by atoms with van der Waals surface area (Å²) < 4.78 is 15.4. The summed E-state index contributed by atoms with van der Waals surface area (Å²) in [5.41, 5.74) is 8.45. The van der Waals surface area contributed by atoms with Crippen molar-refractivity contribution in [1.29, 1.82) is 0 Å². The van der Waals surface area contributed by atoms with Crippen molar-refractivity contribution in [3.63, 3.8) is 0 Å². The fourth-order valence-corrected chi connectivity index (χ4v) is 7.37. The molecular formula is C33H31BO2S. The molecule has 0 atom stereocenters. The third kappa shape index (κ3) is 3.19. The van der Waals surface area contributed by atoms with Gasteiger partial charge in [-0.2, -0.15) is 0 Å². The smallest absolute Gasteiger partial charge is 0.399 e. The lowest BCUT2D eigenvalue weighted by Crippen LogP contribution is -2.41. The maximum atomic E-state index is 6.31. The van der Waals surface area contributed by atoms with Gasteiger partial charge in [0, 0.05) is 31.2 Å². The molecule has 0 N–H and O–H groups in total. The highest BCUT2D eigenvalue weighted by Gasteiger charge is 2.51. The minimum atomic E-state index is -0.352. The van der Waals surface area contributed by atoms with E-state index >= 15 is 0 Å². The number of fused-ring (bicyclic) bond motifs is 7. The molecule has 0 unspecified atom stereocenters. The van der Waals surface area contributed by atoms with Gasteiger partial charge in [-0.3, -0.25) is 0 Å². The molecule has 0 saturated carbocycles. The first-order chi connectivity index (χ1) is 17.6. The topological polar surface area (TPSA) is 18.5 Å². The molecular weight excluding hydrogens is 471 g/mol. The van der Waals surface area contributed by atoms with E-state index in [1.54, 1.807) is 0 Å². The summed E-state index contributed by atoms with van der Waals surface area (Å²) in [6.45, 7) is 13.1. The minimum absolute atomic E-state index is 0.0479. The van der Waals surface area contributed by atoms with Gasteiger partial charge in [-0.1, -0.05) is 80.6 Å². The molecule has 5 aromatic rings. The fourth-order valence-electron chi connectivity index (χ4n) is 6.08. The average molecular weight is 502 g/mol. The van der Waals surface area contributed by atoms with Crippen LogP contribution >= 0.6 is 11.3 Å². The van der Waals surface area contributed by atoms with Crippen LogP contribution < -0.4 is 5.46 Å². The lowest BCUT2D eigenvalue weighted by atomic mass is 9.78. The zero-order valence-corrected chi connectivity index (χ0v) is 23.1. The Bertz CT molecular complexity index is 1690. The Hall–Kier alpha value is -2.92. The molecule has 184 valence electrons. The van der Waals surface area contributed by atoms with Crippen LogP contribution in [0.4, 0.5) is 0 Å². The summed E-state index contributed by atoms with van der Waals surface area (Å²) in [4.78, 5) is 0. The summed E-state index contributed by atoms with van der Waals surface area (Å²) in [6, 6.07) is 29.1. The van der Waals surface area contributed by atoms with Crippen LogP contribution in [0.15, 0.2) is 78.9 Å². The molecule has 2 heterocycles. The Kier molecular flexibility index (Phi) is 4.75. The van der Waals surface area contributed by atoms with Gasteiger partial charge in [0.2, 0.25) is 0 Å². The second kappa shape index (κ2) is 7.57. The Labute approximate surface area is 223 Å². The van der Waals surface area contributed by atoms with E-state index in [1.807, 2.05) is 11.3 Å². The third-order valence-corrected chi connectivity index (χ3v) is 10.1. The molecule has 1 saturated heterocycles. The van der Waals surface area contributed by atoms with Crippen LogP contribution in [0.3, 0.4) is 0 Å². The second-order valence-corrected chi connectivity index (χ2v) is 13.1. The van der Waals surface area contributed by atoms with E-state index in [9.17, 15) is 0 Å². The molecule has 1 aliphatic heterocycles. The van der Waals surface area contributed by atoms with Crippen molar-refractivity contribution in [1.82, 2.24) is 0 Å². The van der Waals surface area contributed by atoms with Gasteiger partial charge >= 0.3 is 7.12 Å². The van der Waals surface area contributed by atoms with Gasteiger partial charge in [-0.25, -0.2) is 0 Å². The van der Waals surface area contributed by atoms with E-state index in [4.69, 9.17) is 9.31 Å². The van der Waals surface area contributed by atoms with Crippen molar-refractivity contribution >= 4 is 44.1 Å². The molecule has 0 amide bonds. The van der Waals surface area contributed by atoms with Crippen molar-refractivity contribution in [3.05, 3.63) is 90.0 Å². The van der Waals surface area contributed by atoms with Crippen LogP contribution in [0.25, 0.3) is 42.4 Å². The monoisotopic (exact) mass is 502 g/mol. The number of rotatable bonds is 2. The number of thiophene rings is 1. The zero-order valence-electron chi connectivity index (χ0n) is 22.3. The van der Waals surface area contributed by atoms with Crippen LogP contribution in [0.1, 0.15) is 52.7 Å². The molecule has 0 spiro atoms. The third-order valence-electron chi connectivity index (χ3n) is 8.94. The Morgan fingerprint density at radius 1 is 0.676 bits per heavy atom. The number of benzene rings is 4. The molecule has 4 heteroatoms. The summed E-state index contributed by atoms with van der Waals surface area (Å²) in [7, 11) is -0.352. The quantitative estimate of drug-likeness (QED) is 0.226. The molecule has 1 fully saturated rings. The van der Waals surface area contributed by atoms with Crippen molar-refractivity contribution < 1.29 is 9.31 Å². The van der Waals surface area contributed by atoms with Gasteiger partial charge in [0.05, 0.1) is 11.2 Å². The molecule has 2 aliphatic rings. The van der Waals surface area contributed by atoms with Gasteiger partial charge in [-0.15, -0.1) is 11.3 Å². The van der Waals surface area contributed by atoms with E-state index in [-0.39, 0.29) is 23.7 Å². The lowest BCUT2D eigenvalue weighted by molar-refractivity contribution is 0.00578. The van der Waals surface area contributed by atoms with Gasteiger partial charge < -0.3 is 9.31 Å². The van der Waals surface area contributed by atoms with Gasteiger partial charge in [0.1, 0.15) is 0 Å². The van der Waals surface area contributed by atoms with Crippen molar-refractivity contribution in [2.45, 2.75) is 58.2 Å².